The Morgan fingerprint density at radius 3 is 2.82 bits per heavy atom. The van der Waals surface area contributed by atoms with Crippen molar-refractivity contribution >= 4 is 23.8 Å². The van der Waals surface area contributed by atoms with Crippen molar-refractivity contribution < 1.29 is 29.0 Å². The lowest BCUT2D eigenvalue weighted by Gasteiger charge is -2.35. The first-order chi connectivity index (χ1) is 16.3. The van der Waals surface area contributed by atoms with Crippen molar-refractivity contribution in [3.63, 3.8) is 0 Å². The predicted molar refractivity (Wildman–Crippen MR) is 126 cm³/mol. The van der Waals surface area contributed by atoms with Gasteiger partial charge in [0.05, 0.1) is 12.6 Å². The van der Waals surface area contributed by atoms with Gasteiger partial charge >= 0.3 is 12.1 Å². The largest absolute Gasteiger partial charge is 0.480 e. The zero-order valence-corrected chi connectivity index (χ0v) is 20.0. The fourth-order valence-corrected chi connectivity index (χ4v) is 4.20. The van der Waals surface area contributed by atoms with Gasteiger partial charge in [0, 0.05) is 32.2 Å². The van der Waals surface area contributed by atoms with Crippen LogP contribution in [0.3, 0.4) is 0 Å². The Labute approximate surface area is 200 Å². The molecule has 0 aromatic carbocycles. The molecule has 10 heteroatoms. The van der Waals surface area contributed by atoms with Crippen LogP contribution in [0.5, 0.6) is 0 Å². The predicted octanol–water partition coefficient (Wildman–Crippen LogP) is 2.26. The van der Waals surface area contributed by atoms with E-state index >= 15 is 0 Å². The molecule has 1 unspecified atom stereocenters. The second kappa shape index (κ2) is 12.5. The fourth-order valence-electron chi connectivity index (χ4n) is 4.20. The van der Waals surface area contributed by atoms with Gasteiger partial charge in [-0.3, -0.25) is 4.79 Å². The second-order valence-electron chi connectivity index (χ2n) is 9.19. The Bertz CT molecular complexity index is 858. The summed E-state index contributed by atoms with van der Waals surface area (Å²) in [5.74, 6) is 0.242. The van der Waals surface area contributed by atoms with Crippen LogP contribution in [0.1, 0.15) is 57.2 Å². The maximum Gasteiger partial charge on any atom is 0.408 e. The average Bonchev–Trinajstić information content (AvgIpc) is 2.77. The number of carbonyl (C=O) groups is 3. The number of carboxylic acids is 1. The number of rotatable bonds is 12. The van der Waals surface area contributed by atoms with Gasteiger partial charge in [0.2, 0.25) is 5.91 Å². The molecule has 4 N–H and O–H groups in total. The third-order valence-electron chi connectivity index (χ3n) is 6.25. The van der Waals surface area contributed by atoms with Gasteiger partial charge in [-0.05, 0) is 63.0 Å². The Balaban J connectivity index is 1.29. The SMILES string of the molecule is CC(=O)NC[C@@H](C)OC(=O)NC(CCO[C@H]1C[C@H](CCc2ccc3c(n2)NCCC3)C1)C(=O)O. The van der Waals surface area contributed by atoms with Gasteiger partial charge in [0.25, 0.3) is 0 Å². The van der Waals surface area contributed by atoms with Crippen molar-refractivity contribution in [2.45, 2.75) is 77.0 Å². The van der Waals surface area contributed by atoms with Crippen LogP contribution in [0.25, 0.3) is 0 Å². The molecule has 1 aromatic heterocycles. The minimum atomic E-state index is -1.14. The molecular weight excluding hydrogens is 440 g/mol. The fraction of sp³-hybridized carbons (Fsp3) is 0.667. The van der Waals surface area contributed by atoms with E-state index in [1.54, 1.807) is 6.92 Å². The van der Waals surface area contributed by atoms with Crippen molar-refractivity contribution in [2.75, 3.05) is 25.0 Å². The van der Waals surface area contributed by atoms with Crippen LogP contribution >= 0.6 is 0 Å². The van der Waals surface area contributed by atoms with Gasteiger partial charge in [-0.1, -0.05) is 6.07 Å². The van der Waals surface area contributed by atoms with E-state index in [1.807, 2.05) is 0 Å². The van der Waals surface area contributed by atoms with Crippen LogP contribution in [-0.4, -0.2) is 66.0 Å². The first kappa shape index (κ1) is 25.7. The molecule has 3 rings (SSSR count). The van der Waals surface area contributed by atoms with Gasteiger partial charge in [-0.25, -0.2) is 14.6 Å². The molecule has 2 aliphatic rings. The highest BCUT2D eigenvalue weighted by Gasteiger charge is 2.30. The van der Waals surface area contributed by atoms with Crippen molar-refractivity contribution in [1.29, 1.82) is 0 Å². The van der Waals surface area contributed by atoms with E-state index in [-0.39, 0.29) is 31.6 Å². The number of pyridine rings is 1. The van der Waals surface area contributed by atoms with Gasteiger partial charge in [0.1, 0.15) is 18.0 Å². The van der Waals surface area contributed by atoms with Crippen LogP contribution in [0, 0.1) is 5.92 Å². The van der Waals surface area contributed by atoms with Crippen LogP contribution in [0.2, 0.25) is 0 Å². The van der Waals surface area contributed by atoms with E-state index in [9.17, 15) is 19.5 Å². The molecule has 2 amide bonds. The number of hydrogen-bond donors (Lipinski definition) is 4. The van der Waals surface area contributed by atoms with E-state index < -0.39 is 24.2 Å². The number of alkyl carbamates (subject to hydrolysis) is 1. The Hall–Kier alpha value is -2.88. The number of nitrogens with zero attached hydrogens (tertiary/aromatic N) is 1. The number of carboxylic acid groups (broad SMARTS) is 1. The molecular formula is C24H36N4O6. The third kappa shape index (κ3) is 8.16. The van der Waals surface area contributed by atoms with E-state index in [4.69, 9.17) is 14.5 Å². The van der Waals surface area contributed by atoms with Crippen molar-refractivity contribution in [3.05, 3.63) is 23.4 Å². The average molecular weight is 477 g/mol. The molecule has 2 heterocycles. The number of nitrogens with one attached hydrogen (secondary N) is 3. The Kier molecular flexibility index (Phi) is 9.50. The van der Waals surface area contributed by atoms with Gasteiger partial charge in [0.15, 0.2) is 0 Å². The normalized spacial score (nSPS) is 20.6. The van der Waals surface area contributed by atoms with Gasteiger partial charge in [-0.15, -0.1) is 0 Å². The molecule has 0 spiro atoms. The number of carbonyl (C=O) groups excluding carboxylic acids is 2. The molecule has 1 aromatic rings. The Morgan fingerprint density at radius 2 is 2.09 bits per heavy atom. The summed E-state index contributed by atoms with van der Waals surface area (Å²) < 4.78 is 10.9. The van der Waals surface area contributed by atoms with Crippen molar-refractivity contribution in [1.82, 2.24) is 15.6 Å². The minimum absolute atomic E-state index is 0.127. The number of aliphatic carboxylic acids is 1. The molecule has 1 saturated carbocycles. The van der Waals surface area contributed by atoms with Crippen LogP contribution in [0.15, 0.2) is 12.1 Å². The summed E-state index contributed by atoms with van der Waals surface area (Å²) in [5.41, 5.74) is 2.42. The molecule has 0 radical (unpaired) electrons. The number of aryl methyl sites for hydroxylation is 2. The molecule has 1 aliphatic carbocycles. The van der Waals surface area contributed by atoms with Crippen molar-refractivity contribution in [2.24, 2.45) is 5.92 Å². The first-order valence-corrected chi connectivity index (χ1v) is 12.1. The second-order valence-corrected chi connectivity index (χ2v) is 9.19. The summed E-state index contributed by atoms with van der Waals surface area (Å²) in [6, 6.07) is 3.21. The standard InChI is InChI=1S/C24H36N4O6/c1-15(14-26-16(2)29)34-24(32)28-21(23(30)31)9-11-33-20-12-17(13-20)5-7-19-8-6-18-4-3-10-25-22(18)27-19/h6,8,15,17,20-21H,3-5,7,9-14H2,1-2H3,(H,25,27)(H,26,29)(H,28,32)(H,30,31)/t15-,17-,20-,21?/m1/s1. The third-order valence-corrected chi connectivity index (χ3v) is 6.25. The molecule has 0 saturated heterocycles. The monoisotopic (exact) mass is 476 g/mol. The molecule has 1 aliphatic heterocycles. The maximum absolute atomic E-state index is 11.9. The zero-order chi connectivity index (χ0) is 24.5. The molecule has 1 fully saturated rings. The van der Waals surface area contributed by atoms with Crippen LogP contribution in [0.4, 0.5) is 10.6 Å². The van der Waals surface area contributed by atoms with E-state index in [1.165, 1.54) is 12.5 Å². The number of hydrogen-bond acceptors (Lipinski definition) is 7. The van der Waals surface area contributed by atoms with E-state index in [2.05, 4.69) is 28.1 Å². The summed E-state index contributed by atoms with van der Waals surface area (Å²) >= 11 is 0. The van der Waals surface area contributed by atoms with Crippen molar-refractivity contribution in [3.8, 4) is 0 Å². The molecule has 10 nitrogen and oxygen atoms in total. The zero-order valence-electron chi connectivity index (χ0n) is 20.0. The van der Waals surface area contributed by atoms with Crippen LogP contribution < -0.4 is 16.0 Å². The highest BCUT2D eigenvalue weighted by molar-refractivity contribution is 5.80. The molecule has 34 heavy (non-hydrogen) atoms. The number of aromatic nitrogens is 1. The van der Waals surface area contributed by atoms with E-state index in [0.717, 1.165) is 56.6 Å². The molecule has 2 atom stereocenters. The highest BCUT2D eigenvalue weighted by Crippen LogP contribution is 2.34. The quantitative estimate of drug-likeness (QED) is 0.360. The number of ether oxygens (including phenoxy) is 2. The van der Waals surface area contributed by atoms with E-state index in [0.29, 0.717) is 5.92 Å². The first-order valence-electron chi connectivity index (χ1n) is 12.1. The highest BCUT2D eigenvalue weighted by atomic mass is 16.6. The minimum Gasteiger partial charge on any atom is -0.480 e. The topological polar surface area (TPSA) is 139 Å². The number of fused-ring (bicyclic) bond motifs is 1. The smallest absolute Gasteiger partial charge is 0.408 e. The molecule has 0 bridgehead atoms. The Morgan fingerprint density at radius 1 is 1.29 bits per heavy atom. The lowest BCUT2D eigenvalue weighted by atomic mass is 9.79. The summed E-state index contributed by atoms with van der Waals surface area (Å²) in [7, 11) is 0. The lowest BCUT2D eigenvalue weighted by molar-refractivity contribution is -0.140. The summed E-state index contributed by atoms with van der Waals surface area (Å²) in [5, 5.41) is 17.6. The summed E-state index contributed by atoms with van der Waals surface area (Å²) in [6.07, 6.45) is 5.04. The lowest BCUT2D eigenvalue weighted by Crippen LogP contribution is -2.44. The van der Waals surface area contributed by atoms with Gasteiger partial charge < -0.3 is 30.5 Å². The number of amides is 2. The number of anilines is 1. The molecule has 188 valence electrons. The summed E-state index contributed by atoms with van der Waals surface area (Å²) in [6.45, 7) is 4.36. The maximum atomic E-state index is 11.9. The summed E-state index contributed by atoms with van der Waals surface area (Å²) in [4.78, 5) is 39.0. The van der Waals surface area contributed by atoms with Crippen LogP contribution in [-0.2, 0) is 31.9 Å². The van der Waals surface area contributed by atoms with Gasteiger partial charge in [-0.2, -0.15) is 0 Å².